The number of terminal acetylenes is 1. The highest BCUT2D eigenvalue weighted by atomic mass is 79.9. The van der Waals surface area contributed by atoms with Crippen LogP contribution in [0.25, 0.3) is 10.2 Å². The Balaban J connectivity index is 2.22. The maximum Gasteiger partial charge on any atom is 0.279 e. The molecule has 0 bridgehead atoms. The van der Waals surface area contributed by atoms with Crippen LogP contribution in [0.4, 0.5) is 0 Å². The standard InChI is InChI=1S/C18H12BrClN2OS/c1-3-9-22-16-11(2)14(20)7-8-15(16)24-18(22)21-17(23)12-5-4-6-13(19)10-12/h1,4-8,10H,9H2,2H3. The molecule has 3 nitrogen and oxygen atoms in total. The van der Waals surface area contributed by atoms with Crippen molar-refractivity contribution in [2.24, 2.45) is 4.99 Å². The molecule has 2 aromatic carbocycles. The molecule has 0 fully saturated rings. The Bertz CT molecular complexity index is 1060. The molecular formula is C18H12BrClN2OS. The quantitative estimate of drug-likeness (QED) is 0.549. The summed E-state index contributed by atoms with van der Waals surface area (Å²) >= 11 is 11.0. The third-order valence-electron chi connectivity index (χ3n) is 3.55. The van der Waals surface area contributed by atoms with E-state index in [9.17, 15) is 4.79 Å². The van der Waals surface area contributed by atoms with Crippen LogP contribution < -0.4 is 4.80 Å². The molecule has 120 valence electrons. The van der Waals surface area contributed by atoms with E-state index in [4.69, 9.17) is 18.0 Å². The van der Waals surface area contributed by atoms with Crippen molar-refractivity contribution < 1.29 is 4.79 Å². The van der Waals surface area contributed by atoms with Gasteiger partial charge in [0.05, 0.1) is 16.8 Å². The van der Waals surface area contributed by atoms with E-state index in [1.807, 2.05) is 29.7 Å². The van der Waals surface area contributed by atoms with E-state index < -0.39 is 0 Å². The molecule has 0 aliphatic rings. The van der Waals surface area contributed by atoms with Crippen molar-refractivity contribution in [1.29, 1.82) is 0 Å². The molecule has 1 heterocycles. The van der Waals surface area contributed by atoms with E-state index in [2.05, 4.69) is 26.8 Å². The third-order valence-corrected chi connectivity index (χ3v) is 5.49. The smallest absolute Gasteiger partial charge is 0.279 e. The minimum atomic E-state index is -0.308. The van der Waals surface area contributed by atoms with E-state index in [1.165, 1.54) is 11.3 Å². The highest BCUT2D eigenvalue weighted by molar-refractivity contribution is 9.10. The number of amides is 1. The number of aryl methyl sites for hydroxylation is 1. The number of aromatic nitrogens is 1. The summed E-state index contributed by atoms with van der Waals surface area (Å²) < 4.78 is 3.68. The van der Waals surface area contributed by atoms with Crippen molar-refractivity contribution in [2.75, 3.05) is 0 Å². The number of thiazole rings is 1. The number of carbonyl (C=O) groups excluding carboxylic acids is 1. The first-order valence-corrected chi connectivity index (χ1v) is 9.06. The summed E-state index contributed by atoms with van der Waals surface area (Å²) in [5.74, 6) is 2.31. The van der Waals surface area contributed by atoms with Crippen LogP contribution in [-0.2, 0) is 6.54 Å². The van der Waals surface area contributed by atoms with Gasteiger partial charge in [0, 0.05) is 15.1 Å². The fourth-order valence-corrected chi connectivity index (χ4v) is 4.05. The Morgan fingerprint density at radius 2 is 2.21 bits per heavy atom. The number of hydrogen-bond donors (Lipinski definition) is 0. The molecule has 3 rings (SSSR count). The van der Waals surface area contributed by atoms with Crippen molar-refractivity contribution in [3.8, 4) is 12.3 Å². The van der Waals surface area contributed by atoms with E-state index >= 15 is 0 Å². The highest BCUT2D eigenvalue weighted by Gasteiger charge is 2.12. The number of nitrogens with zero attached hydrogens (tertiary/aromatic N) is 2. The molecular weight excluding hydrogens is 408 g/mol. The predicted molar refractivity (Wildman–Crippen MR) is 102 cm³/mol. The normalized spacial score (nSPS) is 11.7. The monoisotopic (exact) mass is 418 g/mol. The van der Waals surface area contributed by atoms with Crippen LogP contribution in [0, 0.1) is 19.3 Å². The van der Waals surface area contributed by atoms with Gasteiger partial charge in [0.1, 0.15) is 0 Å². The Morgan fingerprint density at radius 3 is 2.92 bits per heavy atom. The number of benzene rings is 2. The number of fused-ring (bicyclic) bond motifs is 1. The van der Waals surface area contributed by atoms with Gasteiger partial charge in [-0.1, -0.05) is 50.9 Å². The van der Waals surface area contributed by atoms with Gasteiger partial charge in [0.25, 0.3) is 5.91 Å². The van der Waals surface area contributed by atoms with Gasteiger partial charge in [-0.15, -0.1) is 6.42 Å². The molecule has 1 amide bonds. The van der Waals surface area contributed by atoms with Crippen LogP contribution in [0.3, 0.4) is 0 Å². The predicted octanol–water partition coefficient (Wildman–Crippen LogP) is 4.80. The second kappa shape index (κ2) is 6.94. The van der Waals surface area contributed by atoms with E-state index in [1.54, 1.807) is 18.2 Å². The lowest BCUT2D eigenvalue weighted by Gasteiger charge is -2.04. The maximum atomic E-state index is 12.5. The van der Waals surface area contributed by atoms with Crippen LogP contribution in [-0.4, -0.2) is 10.5 Å². The largest absolute Gasteiger partial charge is 0.304 e. The summed E-state index contributed by atoms with van der Waals surface area (Å²) in [5, 5.41) is 0.663. The topological polar surface area (TPSA) is 34.4 Å². The van der Waals surface area contributed by atoms with Crippen LogP contribution in [0.1, 0.15) is 15.9 Å². The molecule has 24 heavy (non-hydrogen) atoms. The van der Waals surface area contributed by atoms with Gasteiger partial charge in [-0.05, 0) is 42.8 Å². The minimum absolute atomic E-state index is 0.308. The molecule has 6 heteroatoms. The fourth-order valence-electron chi connectivity index (χ4n) is 2.41. The number of halogens is 2. The summed E-state index contributed by atoms with van der Waals surface area (Å²) in [7, 11) is 0. The third kappa shape index (κ3) is 3.18. The summed E-state index contributed by atoms with van der Waals surface area (Å²) in [4.78, 5) is 17.3. The van der Waals surface area contributed by atoms with E-state index in [0.717, 1.165) is 20.3 Å². The molecule has 0 radical (unpaired) electrons. The Hall–Kier alpha value is -1.87. The van der Waals surface area contributed by atoms with Crippen molar-refractivity contribution in [1.82, 2.24) is 4.57 Å². The molecule has 0 aliphatic heterocycles. The zero-order valence-corrected chi connectivity index (χ0v) is 15.9. The fraction of sp³-hybridized carbons (Fsp3) is 0.111. The first-order valence-electron chi connectivity index (χ1n) is 7.08. The summed E-state index contributed by atoms with van der Waals surface area (Å²) in [6, 6.07) is 10.9. The Kier molecular flexibility index (Phi) is 4.91. The van der Waals surface area contributed by atoms with Crippen LogP contribution in [0.5, 0.6) is 0 Å². The minimum Gasteiger partial charge on any atom is -0.304 e. The zero-order chi connectivity index (χ0) is 17.3. The van der Waals surface area contributed by atoms with Crippen molar-refractivity contribution in [3.05, 3.63) is 61.8 Å². The van der Waals surface area contributed by atoms with Crippen molar-refractivity contribution in [2.45, 2.75) is 13.5 Å². The lowest BCUT2D eigenvalue weighted by atomic mass is 10.2. The van der Waals surface area contributed by atoms with E-state index in [-0.39, 0.29) is 5.91 Å². The van der Waals surface area contributed by atoms with Crippen LogP contribution in [0.2, 0.25) is 5.02 Å². The molecule has 0 atom stereocenters. The van der Waals surface area contributed by atoms with Gasteiger partial charge in [-0.3, -0.25) is 4.79 Å². The number of carbonyl (C=O) groups is 1. The van der Waals surface area contributed by atoms with Gasteiger partial charge in [0.15, 0.2) is 4.80 Å². The number of hydrogen-bond acceptors (Lipinski definition) is 2. The summed E-state index contributed by atoms with van der Waals surface area (Å²) in [6.45, 7) is 2.26. The second-order valence-electron chi connectivity index (χ2n) is 5.12. The van der Waals surface area contributed by atoms with Crippen LogP contribution in [0.15, 0.2) is 45.9 Å². The molecule has 0 aliphatic carbocycles. The summed E-state index contributed by atoms with van der Waals surface area (Å²) in [5.41, 5.74) is 2.37. The van der Waals surface area contributed by atoms with Crippen LogP contribution >= 0.6 is 38.9 Å². The Morgan fingerprint density at radius 1 is 1.42 bits per heavy atom. The van der Waals surface area contributed by atoms with Gasteiger partial charge >= 0.3 is 0 Å². The lowest BCUT2D eigenvalue weighted by Crippen LogP contribution is -2.17. The molecule has 0 N–H and O–H groups in total. The molecule has 0 saturated carbocycles. The number of rotatable bonds is 2. The van der Waals surface area contributed by atoms with Crippen molar-refractivity contribution in [3.63, 3.8) is 0 Å². The maximum absolute atomic E-state index is 12.5. The van der Waals surface area contributed by atoms with Gasteiger partial charge < -0.3 is 4.57 Å². The average Bonchev–Trinajstić information content (AvgIpc) is 2.90. The van der Waals surface area contributed by atoms with Gasteiger partial charge in [-0.25, -0.2) is 0 Å². The molecule has 1 aromatic heterocycles. The lowest BCUT2D eigenvalue weighted by molar-refractivity contribution is 0.0998. The average molecular weight is 420 g/mol. The summed E-state index contributed by atoms with van der Waals surface area (Å²) in [6.07, 6.45) is 5.50. The van der Waals surface area contributed by atoms with Gasteiger partial charge in [0.2, 0.25) is 0 Å². The second-order valence-corrected chi connectivity index (χ2v) is 7.45. The first-order chi connectivity index (χ1) is 11.5. The Labute approximate surface area is 156 Å². The van der Waals surface area contributed by atoms with Gasteiger partial charge in [-0.2, -0.15) is 4.99 Å². The zero-order valence-electron chi connectivity index (χ0n) is 12.7. The molecule has 0 unspecified atom stereocenters. The van der Waals surface area contributed by atoms with Crippen molar-refractivity contribution >= 4 is 55.0 Å². The highest BCUT2D eigenvalue weighted by Crippen LogP contribution is 2.27. The molecule has 0 saturated heterocycles. The SMILES string of the molecule is C#CCn1c(=NC(=O)c2cccc(Br)c2)sc2ccc(Cl)c(C)c21. The molecule has 3 aromatic rings. The molecule has 0 spiro atoms. The van der Waals surface area contributed by atoms with E-state index in [0.29, 0.717) is 21.9 Å². The first kappa shape index (κ1) is 17.0.